The van der Waals surface area contributed by atoms with Crippen LogP contribution in [0.1, 0.15) is 25.1 Å². The van der Waals surface area contributed by atoms with E-state index in [9.17, 15) is 9.59 Å². The van der Waals surface area contributed by atoms with Crippen molar-refractivity contribution in [1.82, 2.24) is 25.0 Å². The summed E-state index contributed by atoms with van der Waals surface area (Å²) in [5.41, 5.74) is 0.905. The van der Waals surface area contributed by atoms with Crippen molar-refractivity contribution >= 4 is 23.6 Å². The van der Waals surface area contributed by atoms with E-state index in [4.69, 9.17) is 4.74 Å². The van der Waals surface area contributed by atoms with Gasteiger partial charge in [-0.3, -0.25) is 14.2 Å². The molecule has 1 aromatic heterocycles. The summed E-state index contributed by atoms with van der Waals surface area (Å²) in [6, 6.07) is 7.58. The first kappa shape index (κ1) is 20.2. The highest BCUT2D eigenvalue weighted by Crippen LogP contribution is 2.23. The Morgan fingerprint density at radius 3 is 2.57 bits per heavy atom. The van der Waals surface area contributed by atoms with Crippen LogP contribution in [0.2, 0.25) is 0 Å². The van der Waals surface area contributed by atoms with Crippen molar-refractivity contribution in [2.75, 3.05) is 32.5 Å². The van der Waals surface area contributed by atoms with Gasteiger partial charge < -0.3 is 15.0 Å². The van der Waals surface area contributed by atoms with Crippen molar-refractivity contribution in [2.45, 2.75) is 31.3 Å². The third kappa shape index (κ3) is 5.03. The summed E-state index contributed by atoms with van der Waals surface area (Å²) in [6.45, 7) is 3.90. The number of likely N-dealkylation sites (tertiary alicyclic amines) is 1. The number of hydrogen-bond acceptors (Lipinski definition) is 6. The molecule has 8 nitrogen and oxygen atoms in total. The Kier molecular flexibility index (Phi) is 6.91. The molecule has 2 heterocycles. The lowest BCUT2D eigenvalue weighted by molar-refractivity contribution is -0.130. The molecule has 2 amide bonds. The molecule has 0 unspecified atom stereocenters. The zero-order valence-electron chi connectivity index (χ0n) is 16.2. The first-order valence-electron chi connectivity index (χ1n) is 9.32. The maximum atomic E-state index is 12.1. The van der Waals surface area contributed by atoms with E-state index in [1.54, 1.807) is 7.11 Å². The van der Waals surface area contributed by atoms with Gasteiger partial charge in [-0.1, -0.05) is 11.8 Å². The highest BCUT2D eigenvalue weighted by Gasteiger charge is 2.18. The number of amides is 2. The standard InChI is InChI=1S/C19H25N5O3S/c1-14-21-22-19(24(14)15-5-7-16(27-2)8-6-15)28-13-17(25)20-10-9-18(26)23-11-3-4-12-23/h5-8H,3-4,9-13H2,1-2H3,(H,20,25). The zero-order valence-corrected chi connectivity index (χ0v) is 17.0. The quantitative estimate of drug-likeness (QED) is 0.676. The second-order valence-electron chi connectivity index (χ2n) is 6.54. The van der Waals surface area contributed by atoms with Crippen molar-refractivity contribution in [3.8, 4) is 11.4 Å². The summed E-state index contributed by atoms with van der Waals surface area (Å²) < 4.78 is 7.08. The molecule has 0 spiro atoms. The van der Waals surface area contributed by atoms with E-state index < -0.39 is 0 Å². The SMILES string of the molecule is COc1ccc(-n2c(C)nnc2SCC(=O)NCCC(=O)N2CCCC2)cc1. The molecule has 1 aromatic carbocycles. The van der Waals surface area contributed by atoms with Crippen molar-refractivity contribution in [1.29, 1.82) is 0 Å². The van der Waals surface area contributed by atoms with Gasteiger partial charge >= 0.3 is 0 Å². The van der Waals surface area contributed by atoms with Crippen molar-refractivity contribution in [3.63, 3.8) is 0 Å². The average molecular weight is 404 g/mol. The number of thioether (sulfide) groups is 1. The first-order valence-corrected chi connectivity index (χ1v) is 10.3. The lowest BCUT2D eigenvalue weighted by Gasteiger charge is -2.15. The van der Waals surface area contributed by atoms with Gasteiger partial charge in [-0.15, -0.1) is 10.2 Å². The molecule has 0 bridgehead atoms. The van der Waals surface area contributed by atoms with Crippen LogP contribution in [0.3, 0.4) is 0 Å². The van der Waals surface area contributed by atoms with Crippen LogP contribution in [0.5, 0.6) is 5.75 Å². The molecule has 28 heavy (non-hydrogen) atoms. The van der Waals surface area contributed by atoms with Crippen molar-refractivity contribution in [2.24, 2.45) is 0 Å². The van der Waals surface area contributed by atoms with E-state index in [0.29, 0.717) is 18.1 Å². The molecular weight excluding hydrogens is 378 g/mol. The largest absolute Gasteiger partial charge is 0.497 e. The van der Waals surface area contributed by atoms with Crippen LogP contribution < -0.4 is 10.1 Å². The summed E-state index contributed by atoms with van der Waals surface area (Å²) >= 11 is 1.32. The second kappa shape index (κ2) is 9.59. The van der Waals surface area contributed by atoms with Gasteiger partial charge in [0.05, 0.1) is 12.9 Å². The van der Waals surface area contributed by atoms with E-state index in [-0.39, 0.29) is 17.6 Å². The molecule has 0 saturated carbocycles. The molecule has 1 fully saturated rings. The molecule has 1 saturated heterocycles. The molecule has 1 aliphatic rings. The fraction of sp³-hybridized carbons (Fsp3) is 0.474. The fourth-order valence-electron chi connectivity index (χ4n) is 3.08. The molecule has 0 atom stereocenters. The molecule has 0 radical (unpaired) electrons. The van der Waals surface area contributed by atoms with E-state index in [1.807, 2.05) is 40.7 Å². The molecule has 0 aliphatic carbocycles. The van der Waals surface area contributed by atoms with Gasteiger partial charge in [-0.25, -0.2) is 0 Å². The van der Waals surface area contributed by atoms with E-state index in [2.05, 4.69) is 15.5 Å². The monoisotopic (exact) mass is 403 g/mol. The fourth-order valence-corrected chi connectivity index (χ4v) is 3.91. The van der Waals surface area contributed by atoms with Crippen molar-refractivity contribution in [3.05, 3.63) is 30.1 Å². The third-order valence-electron chi connectivity index (χ3n) is 4.58. The summed E-state index contributed by atoms with van der Waals surface area (Å²) in [6.07, 6.45) is 2.49. The average Bonchev–Trinajstić information content (AvgIpc) is 3.36. The summed E-state index contributed by atoms with van der Waals surface area (Å²) in [7, 11) is 1.62. The number of carbonyl (C=O) groups excluding carboxylic acids is 2. The number of aryl methyl sites for hydroxylation is 1. The lowest BCUT2D eigenvalue weighted by atomic mass is 10.3. The summed E-state index contributed by atoms with van der Waals surface area (Å²) in [5.74, 6) is 1.71. The maximum Gasteiger partial charge on any atom is 0.230 e. The topological polar surface area (TPSA) is 89.3 Å². The summed E-state index contributed by atoms with van der Waals surface area (Å²) in [4.78, 5) is 26.0. The Balaban J connectivity index is 1.50. The van der Waals surface area contributed by atoms with Crippen LogP contribution in [0.15, 0.2) is 29.4 Å². The van der Waals surface area contributed by atoms with Crippen LogP contribution in [0.25, 0.3) is 5.69 Å². The number of rotatable bonds is 8. The first-order chi connectivity index (χ1) is 13.6. The Hall–Kier alpha value is -2.55. The number of nitrogens with zero attached hydrogens (tertiary/aromatic N) is 4. The molecule has 1 aliphatic heterocycles. The van der Waals surface area contributed by atoms with Gasteiger partial charge in [-0.2, -0.15) is 0 Å². The highest BCUT2D eigenvalue weighted by atomic mass is 32.2. The zero-order chi connectivity index (χ0) is 19.9. The number of ether oxygens (including phenoxy) is 1. The Morgan fingerprint density at radius 1 is 1.18 bits per heavy atom. The molecule has 3 rings (SSSR count). The summed E-state index contributed by atoms with van der Waals surface area (Å²) in [5, 5.41) is 11.7. The maximum absolute atomic E-state index is 12.1. The lowest BCUT2D eigenvalue weighted by Crippen LogP contribution is -2.33. The molecular formula is C19H25N5O3S. The Bertz CT molecular complexity index is 815. The minimum Gasteiger partial charge on any atom is -0.497 e. The number of aromatic nitrogens is 3. The van der Waals surface area contributed by atoms with E-state index in [0.717, 1.165) is 43.2 Å². The number of nitrogens with one attached hydrogen (secondary N) is 1. The predicted molar refractivity (Wildman–Crippen MR) is 107 cm³/mol. The number of benzene rings is 1. The van der Waals surface area contributed by atoms with Gasteiger partial charge in [0.25, 0.3) is 0 Å². The van der Waals surface area contributed by atoms with E-state index in [1.165, 1.54) is 11.8 Å². The van der Waals surface area contributed by atoms with Crippen LogP contribution >= 0.6 is 11.8 Å². The number of hydrogen-bond donors (Lipinski definition) is 1. The van der Waals surface area contributed by atoms with Gasteiger partial charge in [-0.05, 0) is 44.0 Å². The smallest absolute Gasteiger partial charge is 0.230 e. The van der Waals surface area contributed by atoms with Gasteiger partial charge in [0, 0.05) is 31.7 Å². The molecule has 1 N–H and O–H groups in total. The normalized spacial score (nSPS) is 13.6. The Labute approximate surface area is 168 Å². The van der Waals surface area contributed by atoms with Gasteiger partial charge in [0.2, 0.25) is 11.8 Å². The molecule has 9 heteroatoms. The minimum atomic E-state index is -0.124. The second-order valence-corrected chi connectivity index (χ2v) is 7.48. The Morgan fingerprint density at radius 2 is 1.89 bits per heavy atom. The third-order valence-corrected chi connectivity index (χ3v) is 5.51. The van der Waals surface area contributed by atoms with Crippen LogP contribution in [0.4, 0.5) is 0 Å². The highest BCUT2D eigenvalue weighted by molar-refractivity contribution is 7.99. The van der Waals surface area contributed by atoms with Crippen molar-refractivity contribution < 1.29 is 14.3 Å². The van der Waals surface area contributed by atoms with Crippen LogP contribution in [-0.2, 0) is 9.59 Å². The molecule has 150 valence electrons. The van der Waals surface area contributed by atoms with Gasteiger partial charge in [0.1, 0.15) is 11.6 Å². The number of carbonyl (C=O) groups is 2. The number of methoxy groups -OCH3 is 1. The molecule has 2 aromatic rings. The van der Waals surface area contributed by atoms with Gasteiger partial charge in [0.15, 0.2) is 5.16 Å². The van der Waals surface area contributed by atoms with Crippen LogP contribution in [0, 0.1) is 6.92 Å². The predicted octanol–water partition coefficient (Wildman–Crippen LogP) is 1.81. The minimum absolute atomic E-state index is 0.111. The van der Waals surface area contributed by atoms with Crippen LogP contribution in [-0.4, -0.2) is 64.0 Å². The van der Waals surface area contributed by atoms with E-state index >= 15 is 0 Å².